The van der Waals surface area contributed by atoms with Crippen molar-refractivity contribution < 1.29 is 4.74 Å². The fourth-order valence-corrected chi connectivity index (χ4v) is 4.94. The van der Waals surface area contributed by atoms with Gasteiger partial charge in [-0.3, -0.25) is 4.68 Å². The van der Waals surface area contributed by atoms with E-state index in [0.717, 1.165) is 51.0 Å². The van der Waals surface area contributed by atoms with E-state index in [1.807, 2.05) is 11.7 Å². The molecule has 0 aliphatic heterocycles. The number of aromatic nitrogens is 4. The third kappa shape index (κ3) is 3.16. The normalized spacial score (nSPS) is 15.6. The molecule has 27 heavy (non-hydrogen) atoms. The highest BCUT2D eigenvalue weighted by molar-refractivity contribution is 7.17. The van der Waals surface area contributed by atoms with Crippen molar-refractivity contribution in [2.75, 3.05) is 7.11 Å². The number of rotatable bonds is 3. The number of methoxy groups -OCH3 is 1. The Hall–Kier alpha value is -2.21. The molecule has 0 unspecified atom stereocenters. The molecule has 0 radical (unpaired) electrons. The van der Waals surface area contributed by atoms with Gasteiger partial charge in [-0.2, -0.15) is 5.10 Å². The average molecular weight is 383 g/mol. The molecule has 1 aliphatic rings. The van der Waals surface area contributed by atoms with E-state index in [2.05, 4.69) is 50.0 Å². The van der Waals surface area contributed by atoms with E-state index in [-0.39, 0.29) is 0 Å². The van der Waals surface area contributed by atoms with Crippen LogP contribution in [0.15, 0.2) is 12.1 Å². The number of hydrogen-bond donors (Lipinski definition) is 0. The smallest absolute Gasteiger partial charge is 0.168 e. The van der Waals surface area contributed by atoms with Crippen molar-refractivity contribution >= 4 is 11.3 Å². The predicted molar refractivity (Wildman–Crippen MR) is 109 cm³/mol. The topological polar surface area (TPSA) is 52.8 Å². The lowest BCUT2D eigenvalue weighted by atomic mass is 9.76. The Kier molecular flexibility index (Phi) is 4.34. The lowest BCUT2D eigenvalue weighted by Gasteiger charge is -2.29. The van der Waals surface area contributed by atoms with Gasteiger partial charge in [-0.15, -0.1) is 10.2 Å². The zero-order valence-corrected chi connectivity index (χ0v) is 17.7. The first kappa shape index (κ1) is 18.2. The molecule has 2 heterocycles. The maximum Gasteiger partial charge on any atom is 0.168 e. The summed E-state index contributed by atoms with van der Waals surface area (Å²) in [4.78, 5) is 0. The lowest BCUT2D eigenvalue weighted by molar-refractivity contribution is 0.307. The molecule has 5 nitrogen and oxygen atoms in total. The minimum absolute atomic E-state index is 0.336. The summed E-state index contributed by atoms with van der Waals surface area (Å²) in [5, 5.41) is 15.6. The zero-order valence-electron chi connectivity index (χ0n) is 16.9. The first-order valence-electron chi connectivity index (χ1n) is 9.33. The Bertz CT molecular complexity index is 992. The van der Waals surface area contributed by atoms with Crippen LogP contribution in [0, 0.1) is 19.3 Å². The third-order valence-corrected chi connectivity index (χ3v) is 6.49. The number of benzene rings is 1. The van der Waals surface area contributed by atoms with Gasteiger partial charge in [-0.1, -0.05) is 25.2 Å². The Balaban J connectivity index is 1.73. The second kappa shape index (κ2) is 6.44. The maximum absolute atomic E-state index is 5.48. The van der Waals surface area contributed by atoms with Crippen LogP contribution < -0.4 is 4.74 Å². The van der Waals surface area contributed by atoms with Crippen LogP contribution in [-0.2, 0) is 19.9 Å². The molecule has 1 aromatic carbocycles. The first-order valence-corrected chi connectivity index (χ1v) is 10.1. The van der Waals surface area contributed by atoms with Gasteiger partial charge in [0.25, 0.3) is 0 Å². The van der Waals surface area contributed by atoms with E-state index in [0.29, 0.717) is 5.41 Å². The van der Waals surface area contributed by atoms with Crippen molar-refractivity contribution in [3.8, 4) is 27.0 Å². The molecule has 0 saturated carbocycles. The molecule has 0 spiro atoms. The number of fused-ring (bicyclic) bond motifs is 1. The highest BCUT2D eigenvalue weighted by Crippen LogP contribution is 2.40. The van der Waals surface area contributed by atoms with Gasteiger partial charge in [0.1, 0.15) is 16.5 Å². The standard InChI is InChI=1S/C21H26N4OS/c1-12-9-14(10-13(2)18(12)26-6)19-22-23-20(27-19)17-15-7-8-21(3,4)11-16(15)25(5)24-17/h9-10H,7-8,11H2,1-6H3. The van der Waals surface area contributed by atoms with Crippen molar-refractivity contribution in [3.05, 3.63) is 34.5 Å². The molecule has 0 N–H and O–H groups in total. The largest absolute Gasteiger partial charge is 0.496 e. The van der Waals surface area contributed by atoms with Gasteiger partial charge in [-0.25, -0.2) is 0 Å². The quantitative estimate of drug-likeness (QED) is 0.656. The van der Waals surface area contributed by atoms with Gasteiger partial charge in [0, 0.05) is 23.9 Å². The number of nitrogens with zero attached hydrogens (tertiary/aromatic N) is 4. The van der Waals surface area contributed by atoms with E-state index >= 15 is 0 Å². The van der Waals surface area contributed by atoms with Crippen LogP contribution in [0.5, 0.6) is 5.75 Å². The maximum atomic E-state index is 5.48. The molecule has 4 rings (SSSR count). The monoisotopic (exact) mass is 382 g/mol. The van der Waals surface area contributed by atoms with Gasteiger partial charge < -0.3 is 4.74 Å². The first-order chi connectivity index (χ1) is 12.8. The summed E-state index contributed by atoms with van der Waals surface area (Å²) in [7, 11) is 3.76. The van der Waals surface area contributed by atoms with E-state index in [4.69, 9.17) is 9.84 Å². The highest BCUT2D eigenvalue weighted by Gasteiger charge is 2.31. The summed E-state index contributed by atoms with van der Waals surface area (Å²) in [6.07, 6.45) is 3.30. The fourth-order valence-electron chi connectivity index (χ4n) is 4.09. The molecule has 2 aromatic heterocycles. The van der Waals surface area contributed by atoms with Crippen LogP contribution in [0.3, 0.4) is 0 Å². The molecule has 1 aliphatic carbocycles. The molecular formula is C21H26N4OS. The molecule has 3 aromatic rings. The van der Waals surface area contributed by atoms with Crippen LogP contribution in [0.1, 0.15) is 42.7 Å². The predicted octanol–water partition coefficient (Wildman–Crippen LogP) is 4.75. The fraction of sp³-hybridized carbons (Fsp3) is 0.476. The van der Waals surface area contributed by atoms with Crippen LogP contribution in [0.2, 0.25) is 0 Å². The second-order valence-corrected chi connectivity index (χ2v) is 9.27. The Morgan fingerprint density at radius 2 is 1.78 bits per heavy atom. The minimum Gasteiger partial charge on any atom is -0.496 e. The molecule has 6 heteroatoms. The van der Waals surface area contributed by atoms with E-state index in [1.54, 1.807) is 18.4 Å². The van der Waals surface area contributed by atoms with Crippen molar-refractivity contribution in [2.45, 2.75) is 47.0 Å². The van der Waals surface area contributed by atoms with E-state index in [9.17, 15) is 0 Å². The molecule has 0 bridgehead atoms. The molecular weight excluding hydrogens is 356 g/mol. The van der Waals surface area contributed by atoms with Crippen molar-refractivity contribution in [1.82, 2.24) is 20.0 Å². The second-order valence-electron chi connectivity index (χ2n) is 8.29. The summed E-state index contributed by atoms with van der Waals surface area (Å²) in [6, 6.07) is 4.24. The molecule has 0 saturated heterocycles. The van der Waals surface area contributed by atoms with Gasteiger partial charge in [-0.05, 0) is 61.8 Å². The van der Waals surface area contributed by atoms with Crippen molar-refractivity contribution in [1.29, 1.82) is 0 Å². The Morgan fingerprint density at radius 1 is 1.11 bits per heavy atom. The summed E-state index contributed by atoms with van der Waals surface area (Å²) >= 11 is 1.62. The summed E-state index contributed by atoms with van der Waals surface area (Å²) in [5.41, 5.74) is 7.34. The summed E-state index contributed by atoms with van der Waals surface area (Å²) < 4.78 is 7.51. The zero-order chi connectivity index (χ0) is 19.3. The summed E-state index contributed by atoms with van der Waals surface area (Å²) in [5.74, 6) is 0.935. The van der Waals surface area contributed by atoms with Crippen molar-refractivity contribution in [3.63, 3.8) is 0 Å². The minimum atomic E-state index is 0.336. The highest BCUT2D eigenvalue weighted by atomic mass is 32.1. The molecule has 0 atom stereocenters. The van der Waals surface area contributed by atoms with Gasteiger partial charge in [0.05, 0.1) is 7.11 Å². The number of hydrogen-bond acceptors (Lipinski definition) is 5. The van der Waals surface area contributed by atoms with Crippen LogP contribution in [-0.4, -0.2) is 27.1 Å². The van der Waals surface area contributed by atoms with Gasteiger partial charge in [0.2, 0.25) is 0 Å². The van der Waals surface area contributed by atoms with Crippen molar-refractivity contribution in [2.24, 2.45) is 12.5 Å². The molecule has 0 amide bonds. The summed E-state index contributed by atoms with van der Waals surface area (Å²) in [6.45, 7) is 8.79. The third-order valence-electron chi connectivity index (χ3n) is 5.51. The average Bonchev–Trinajstić information content (AvgIpc) is 3.19. The number of aryl methyl sites for hydroxylation is 3. The molecule has 0 fully saturated rings. The van der Waals surface area contributed by atoms with Crippen LogP contribution >= 0.6 is 11.3 Å². The Morgan fingerprint density at radius 3 is 2.44 bits per heavy atom. The van der Waals surface area contributed by atoms with Crippen LogP contribution in [0.25, 0.3) is 21.3 Å². The SMILES string of the molecule is COc1c(C)cc(-c2nnc(-c3nn(C)c4c3CCC(C)(C)C4)s2)cc1C. The van der Waals surface area contributed by atoms with Gasteiger partial charge in [0.15, 0.2) is 5.01 Å². The van der Waals surface area contributed by atoms with Gasteiger partial charge >= 0.3 is 0 Å². The van der Waals surface area contributed by atoms with Crippen LogP contribution in [0.4, 0.5) is 0 Å². The lowest BCUT2D eigenvalue weighted by Crippen LogP contribution is -2.23. The Labute approximate surface area is 164 Å². The number of ether oxygens (including phenoxy) is 1. The molecule has 142 valence electrons. The van der Waals surface area contributed by atoms with E-state index < -0.39 is 0 Å². The van der Waals surface area contributed by atoms with E-state index in [1.165, 1.54) is 17.7 Å².